The fourth-order valence-electron chi connectivity index (χ4n) is 2.67. The summed E-state index contributed by atoms with van der Waals surface area (Å²) in [6.45, 7) is 0.308. The Bertz CT molecular complexity index is 627. The van der Waals surface area contributed by atoms with Crippen molar-refractivity contribution in [3.8, 4) is 6.07 Å². The van der Waals surface area contributed by atoms with E-state index in [9.17, 15) is 13.7 Å². The zero-order valence-corrected chi connectivity index (χ0v) is 10.8. The van der Waals surface area contributed by atoms with Crippen LogP contribution in [0.25, 0.3) is 0 Å². The summed E-state index contributed by atoms with van der Waals surface area (Å²) in [5.74, 6) is 0.0602. The van der Waals surface area contributed by atoms with Crippen molar-refractivity contribution in [1.82, 2.24) is 0 Å². The smallest absolute Gasteiger partial charge is 0.239 e. The van der Waals surface area contributed by atoms with E-state index in [0.29, 0.717) is 6.54 Å². The summed E-state index contributed by atoms with van der Waals surface area (Å²) in [6.07, 6.45) is 2.62. The first kappa shape index (κ1) is 11.5. The van der Waals surface area contributed by atoms with E-state index in [-0.39, 0.29) is 5.75 Å². The first-order chi connectivity index (χ1) is 8.56. The molecule has 1 aromatic carbocycles. The molecule has 0 aromatic heterocycles. The van der Waals surface area contributed by atoms with E-state index in [1.54, 1.807) is 0 Å². The maximum Gasteiger partial charge on any atom is 0.239 e. The lowest BCUT2D eigenvalue weighted by atomic mass is 9.70. The van der Waals surface area contributed by atoms with Crippen LogP contribution in [-0.2, 0) is 15.8 Å². The number of rotatable bonds is 2. The molecule has 3 rings (SSSR count). The predicted molar refractivity (Wildman–Crippen MR) is 68.3 cm³/mol. The molecule has 0 bridgehead atoms. The average molecular weight is 262 g/mol. The number of nitrogens with zero attached hydrogens (tertiary/aromatic N) is 2. The zero-order valence-electron chi connectivity index (χ0n) is 9.96. The molecule has 1 aliphatic carbocycles. The Kier molecular flexibility index (Phi) is 2.39. The Morgan fingerprint density at radius 3 is 2.67 bits per heavy atom. The van der Waals surface area contributed by atoms with Crippen LogP contribution in [0.1, 0.15) is 24.8 Å². The number of sulfonamides is 1. The van der Waals surface area contributed by atoms with Gasteiger partial charge in [0, 0.05) is 0 Å². The van der Waals surface area contributed by atoms with Crippen LogP contribution in [0.2, 0.25) is 0 Å². The average Bonchev–Trinajstić information content (AvgIpc) is 2.54. The van der Waals surface area contributed by atoms with Gasteiger partial charge in [-0.05, 0) is 24.5 Å². The normalized spacial score (nSPS) is 22.9. The van der Waals surface area contributed by atoms with Gasteiger partial charge >= 0.3 is 0 Å². The molecule has 4 nitrogen and oxygen atoms in total. The third kappa shape index (κ3) is 1.60. The molecule has 2 aliphatic rings. The van der Waals surface area contributed by atoms with Crippen LogP contribution in [-0.4, -0.2) is 15.0 Å². The maximum atomic E-state index is 12.2. The van der Waals surface area contributed by atoms with Crippen molar-refractivity contribution >= 4 is 15.7 Å². The second-order valence-electron chi connectivity index (χ2n) is 5.14. The second-order valence-corrected chi connectivity index (χ2v) is 7.03. The molecular formula is C13H14N2O2S. The number of nitriles is 1. The molecule has 18 heavy (non-hydrogen) atoms. The molecule has 0 spiro atoms. The molecule has 0 radical (unpaired) electrons. The summed E-state index contributed by atoms with van der Waals surface area (Å²) >= 11 is 0. The van der Waals surface area contributed by atoms with Crippen molar-refractivity contribution in [3.05, 3.63) is 29.8 Å². The quantitative estimate of drug-likeness (QED) is 0.819. The number of para-hydroxylation sites is 1. The van der Waals surface area contributed by atoms with Gasteiger partial charge in [0.2, 0.25) is 10.0 Å². The SMILES string of the molecule is N#CC1(CN2c3ccccc3CS2(=O)=O)CCC1. The highest BCUT2D eigenvalue weighted by atomic mass is 32.2. The van der Waals surface area contributed by atoms with Crippen molar-refractivity contribution in [1.29, 1.82) is 5.26 Å². The number of fused-ring (bicyclic) bond motifs is 1. The van der Waals surface area contributed by atoms with E-state index in [0.717, 1.165) is 30.5 Å². The van der Waals surface area contributed by atoms with Gasteiger partial charge in [0.1, 0.15) is 0 Å². The summed E-state index contributed by atoms with van der Waals surface area (Å²) in [5.41, 5.74) is 1.12. The van der Waals surface area contributed by atoms with Gasteiger partial charge in [0.05, 0.1) is 29.5 Å². The Labute approximate surface area is 107 Å². The third-order valence-corrected chi connectivity index (χ3v) is 5.60. The van der Waals surface area contributed by atoms with Crippen LogP contribution >= 0.6 is 0 Å². The van der Waals surface area contributed by atoms with E-state index in [2.05, 4.69) is 6.07 Å². The van der Waals surface area contributed by atoms with Gasteiger partial charge in [-0.1, -0.05) is 24.6 Å². The molecule has 1 fully saturated rings. The van der Waals surface area contributed by atoms with Crippen molar-refractivity contribution in [2.75, 3.05) is 10.8 Å². The third-order valence-electron chi connectivity index (χ3n) is 3.93. The van der Waals surface area contributed by atoms with Gasteiger partial charge in [-0.25, -0.2) is 8.42 Å². The largest absolute Gasteiger partial charge is 0.268 e. The summed E-state index contributed by atoms with van der Waals surface area (Å²) in [5, 5.41) is 9.24. The van der Waals surface area contributed by atoms with Gasteiger partial charge < -0.3 is 0 Å². The number of hydrogen-bond acceptors (Lipinski definition) is 3. The molecule has 0 atom stereocenters. The standard InChI is InChI=1S/C13H14N2O2S/c14-9-13(6-3-7-13)10-15-12-5-2-1-4-11(12)8-18(15,16)17/h1-2,4-5H,3,6-8,10H2. The monoisotopic (exact) mass is 262 g/mol. The van der Waals surface area contributed by atoms with E-state index >= 15 is 0 Å². The summed E-state index contributed by atoms with van der Waals surface area (Å²) in [7, 11) is -3.28. The molecule has 0 saturated heterocycles. The predicted octanol–water partition coefficient (Wildman–Crippen LogP) is 2.03. The van der Waals surface area contributed by atoms with E-state index < -0.39 is 15.4 Å². The van der Waals surface area contributed by atoms with E-state index in [4.69, 9.17) is 0 Å². The number of hydrogen-bond donors (Lipinski definition) is 0. The lowest BCUT2D eigenvalue weighted by molar-refractivity contribution is 0.227. The number of benzene rings is 1. The first-order valence-electron chi connectivity index (χ1n) is 6.06. The minimum Gasteiger partial charge on any atom is -0.268 e. The summed E-state index contributed by atoms with van der Waals surface area (Å²) < 4.78 is 25.8. The van der Waals surface area contributed by atoms with Crippen LogP contribution in [0.3, 0.4) is 0 Å². The van der Waals surface area contributed by atoms with Gasteiger partial charge in [0.25, 0.3) is 0 Å². The lowest BCUT2D eigenvalue weighted by Gasteiger charge is -2.38. The summed E-state index contributed by atoms with van der Waals surface area (Å²) in [6, 6.07) is 9.66. The van der Waals surface area contributed by atoms with Gasteiger partial charge in [0.15, 0.2) is 0 Å². The van der Waals surface area contributed by atoms with Crippen LogP contribution in [0.15, 0.2) is 24.3 Å². The van der Waals surface area contributed by atoms with E-state index in [1.807, 2.05) is 24.3 Å². The molecule has 0 unspecified atom stereocenters. The highest BCUT2D eigenvalue weighted by molar-refractivity contribution is 7.92. The highest BCUT2D eigenvalue weighted by Gasteiger charge is 2.44. The Hall–Kier alpha value is -1.54. The highest BCUT2D eigenvalue weighted by Crippen LogP contribution is 2.44. The molecule has 1 aromatic rings. The van der Waals surface area contributed by atoms with Crippen molar-refractivity contribution in [2.45, 2.75) is 25.0 Å². The molecule has 0 N–H and O–H groups in total. The maximum absolute atomic E-state index is 12.2. The van der Waals surface area contributed by atoms with Crippen LogP contribution < -0.4 is 4.31 Å². The second kappa shape index (κ2) is 3.72. The number of anilines is 1. The van der Waals surface area contributed by atoms with Gasteiger partial charge in [-0.2, -0.15) is 5.26 Å². The fourth-order valence-corrected chi connectivity index (χ4v) is 4.38. The zero-order chi connectivity index (χ0) is 12.8. The summed E-state index contributed by atoms with van der Waals surface area (Å²) in [4.78, 5) is 0. The topological polar surface area (TPSA) is 61.2 Å². The minimum atomic E-state index is -3.28. The van der Waals surface area contributed by atoms with Crippen LogP contribution in [0.5, 0.6) is 0 Å². The van der Waals surface area contributed by atoms with Crippen molar-refractivity contribution in [3.63, 3.8) is 0 Å². The molecule has 0 amide bonds. The van der Waals surface area contributed by atoms with Crippen LogP contribution in [0.4, 0.5) is 5.69 Å². The molecule has 1 heterocycles. The van der Waals surface area contributed by atoms with Gasteiger partial charge in [-0.15, -0.1) is 0 Å². The molecule has 1 saturated carbocycles. The molecule has 5 heteroatoms. The van der Waals surface area contributed by atoms with Crippen LogP contribution in [0, 0.1) is 16.7 Å². The molecule has 1 aliphatic heterocycles. The van der Waals surface area contributed by atoms with Crippen molar-refractivity contribution < 1.29 is 8.42 Å². The Balaban J connectivity index is 1.98. The van der Waals surface area contributed by atoms with Gasteiger partial charge in [-0.3, -0.25) is 4.31 Å². The minimum absolute atomic E-state index is 0.0602. The molecule has 94 valence electrons. The Morgan fingerprint density at radius 2 is 2.06 bits per heavy atom. The lowest BCUT2D eigenvalue weighted by Crippen LogP contribution is -2.42. The van der Waals surface area contributed by atoms with Crippen molar-refractivity contribution in [2.24, 2.45) is 5.41 Å². The first-order valence-corrected chi connectivity index (χ1v) is 7.67. The Morgan fingerprint density at radius 1 is 1.33 bits per heavy atom. The van der Waals surface area contributed by atoms with E-state index in [1.165, 1.54) is 4.31 Å². The molecular weight excluding hydrogens is 248 g/mol. The fraction of sp³-hybridized carbons (Fsp3) is 0.462.